The van der Waals surface area contributed by atoms with Crippen LogP contribution in [0.4, 0.5) is 0 Å². The topological polar surface area (TPSA) is 50.5 Å². The van der Waals surface area contributed by atoms with Crippen LogP contribution in [0.5, 0.6) is 0 Å². The summed E-state index contributed by atoms with van der Waals surface area (Å²) in [5.74, 6) is 0.751. The molecule has 1 aliphatic rings. The molecule has 0 aromatic carbocycles. The highest BCUT2D eigenvalue weighted by Crippen LogP contribution is 2.31. The van der Waals surface area contributed by atoms with E-state index in [0.717, 1.165) is 11.3 Å². The van der Waals surface area contributed by atoms with E-state index in [-0.39, 0.29) is 17.5 Å². The van der Waals surface area contributed by atoms with Crippen LogP contribution in [-0.2, 0) is 13.0 Å². The third-order valence-corrected chi connectivity index (χ3v) is 5.33. The van der Waals surface area contributed by atoms with Crippen molar-refractivity contribution in [3.63, 3.8) is 0 Å². The minimum absolute atomic E-state index is 0.0665. The Hall–Kier alpha value is -1.85. The van der Waals surface area contributed by atoms with Crippen LogP contribution in [0.25, 0.3) is 0 Å². The maximum atomic E-state index is 12.9. The van der Waals surface area contributed by atoms with Gasteiger partial charge in [-0.25, -0.2) is 0 Å². The number of furan rings is 1. The predicted molar refractivity (Wildman–Crippen MR) is 95.0 cm³/mol. The molecule has 0 N–H and O–H groups in total. The van der Waals surface area contributed by atoms with Gasteiger partial charge in [0, 0.05) is 29.8 Å². The number of thiophene rings is 1. The number of nitrogens with zero attached hydrogens (tertiary/aromatic N) is 1. The minimum atomic E-state index is -0.223. The zero-order valence-corrected chi connectivity index (χ0v) is 15.0. The van der Waals surface area contributed by atoms with Gasteiger partial charge in [0.25, 0.3) is 5.91 Å². The molecule has 0 bridgehead atoms. The number of carbonyl (C=O) groups excluding carboxylic acids is 2. The zero-order chi connectivity index (χ0) is 17.3. The van der Waals surface area contributed by atoms with Gasteiger partial charge in [-0.15, -0.1) is 17.9 Å². The number of amides is 1. The van der Waals surface area contributed by atoms with Gasteiger partial charge in [-0.1, -0.05) is 17.7 Å². The second kappa shape index (κ2) is 6.95. The summed E-state index contributed by atoms with van der Waals surface area (Å²) in [7, 11) is 0. The lowest BCUT2D eigenvalue weighted by atomic mass is 9.94. The predicted octanol–water partition coefficient (Wildman–Crippen LogP) is 4.65. The molecule has 1 aliphatic carbocycles. The molecule has 2 heterocycles. The van der Waals surface area contributed by atoms with Gasteiger partial charge < -0.3 is 9.32 Å². The second-order valence-electron chi connectivity index (χ2n) is 5.81. The number of rotatable bonds is 5. The Balaban J connectivity index is 1.90. The number of hydrogen-bond donors (Lipinski definition) is 0. The summed E-state index contributed by atoms with van der Waals surface area (Å²) < 4.78 is 6.46. The molecular weight excluding hydrogens is 346 g/mol. The molecular formula is C18H18ClNO3S. The molecule has 0 spiro atoms. The van der Waals surface area contributed by atoms with E-state index in [1.165, 1.54) is 11.3 Å². The van der Waals surface area contributed by atoms with E-state index in [1.54, 1.807) is 17.9 Å². The summed E-state index contributed by atoms with van der Waals surface area (Å²) in [5.41, 5.74) is 1.25. The van der Waals surface area contributed by atoms with Crippen molar-refractivity contribution >= 4 is 34.6 Å². The van der Waals surface area contributed by atoms with Gasteiger partial charge in [0.2, 0.25) is 0 Å². The summed E-state index contributed by atoms with van der Waals surface area (Å²) in [4.78, 5) is 27.7. The third kappa shape index (κ3) is 3.19. The maximum Gasteiger partial charge on any atom is 0.290 e. The first-order chi connectivity index (χ1) is 11.5. The lowest BCUT2D eigenvalue weighted by molar-refractivity contribution is 0.0728. The fourth-order valence-electron chi connectivity index (χ4n) is 3.00. The fraction of sp³-hybridized carbons (Fsp3) is 0.333. The van der Waals surface area contributed by atoms with Gasteiger partial charge in [-0.2, -0.15) is 0 Å². The largest absolute Gasteiger partial charge is 0.455 e. The van der Waals surface area contributed by atoms with Crippen molar-refractivity contribution in [2.75, 3.05) is 6.54 Å². The van der Waals surface area contributed by atoms with E-state index >= 15 is 0 Å². The highest BCUT2D eigenvalue weighted by Gasteiger charge is 2.30. The summed E-state index contributed by atoms with van der Waals surface area (Å²) >= 11 is 7.41. The first-order valence-electron chi connectivity index (χ1n) is 7.81. The van der Waals surface area contributed by atoms with E-state index in [9.17, 15) is 9.59 Å². The van der Waals surface area contributed by atoms with Gasteiger partial charge in [-0.05, 0) is 25.5 Å². The molecule has 0 unspecified atom stereocenters. The molecule has 24 heavy (non-hydrogen) atoms. The third-order valence-electron chi connectivity index (χ3n) is 4.11. The molecule has 4 nitrogen and oxygen atoms in total. The molecule has 0 saturated heterocycles. The van der Waals surface area contributed by atoms with Crippen molar-refractivity contribution in [1.29, 1.82) is 0 Å². The van der Waals surface area contributed by atoms with Crippen molar-refractivity contribution in [3.8, 4) is 0 Å². The molecule has 0 radical (unpaired) electrons. The van der Waals surface area contributed by atoms with Crippen molar-refractivity contribution < 1.29 is 14.0 Å². The van der Waals surface area contributed by atoms with Crippen LogP contribution in [0.1, 0.15) is 50.0 Å². The van der Waals surface area contributed by atoms with Crippen LogP contribution in [0, 0.1) is 6.92 Å². The quantitative estimate of drug-likeness (QED) is 0.726. The van der Waals surface area contributed by atoms with Crippen LogP contribution in [0.15, 0.2) is 29.2 Å². The Morgan fingerprint density at radius 2 is 2.25 bits per heavy atom. The Morgan fingerprint density at radius 3 is 2.88 bits per heavy atom. The highest BCUT2D eigenvalue weighted by molar-refractivity contribution is 7.16. The van der Waals surface area contributed by atoms with Crippen LogP contribution in [-0.4, -0.2) is 23.1 Å². The molecule has 2 aromatic heterocycles. The Morgan fingerprint density at radius 1 is 1.46 bits per heavy atom. The van der Waals surface area contributed by atoms with Crippen LogP contribution in [0.3, 0.4) is 0 Å². The lowest BCUT2D eigenvalue weighted by Crippen LogP contribution is -2.30. The monoisotopic (exact) mass is 363 g/mol. The van der Waals surface area contributed by atoms with Crippen molar-refractivity contribution in [3.05, 3.63) is 56.6 Å². The number of halogens is 1. The number of aryl methyl sites for hydroxylation is 1. The van der Waals surface area contributed by atoms with Crippen molar-refractivity contribution in [2.24, 2.45) is 0 Å². The van der Waals surface area contributed by atoms with E-state index in [2.05, 4.69) is 6.58 Å². The fourth-order valence-corrected chi connectivity index (χ4v) is 4.10. The second-order valence-corrected chi connectivity index (χ2v) is 7.61. The van der Waals surface area contributed by atoms with Crippen molar-refractivity contribution in [2.45, 2.75) is 32.7 Å². The van der Waals surface area contributed by atoms with Gasteiger partial charge in [0.05, 0.1) is 16.4 Å². The SMILES string of the molecule is C=CCN(Cc1ccc(Cl)s1)C(=O)c1oc2c(c1C)C(=O)CCC2. The van der Waals surface area contributed by atoms with Crippen LogP contribution in [0.2, 0.25) is 4.34 Å². The summed E-state index contributed by atoms with van der Waals surface area (Å²) in [6, 6.07) is 3.72. The molecule has 6 heteroatoms. The molecule has 2 aromatic rings. The van der Waals surface area contributed by atoms with Gasteiger partial charge in [0.1, 0.15) is 5.76 Å². The molecule has 0 atom stereocenters. The molecule has 0 saturated carbocycles. The van der Waals surface area contributed by atoms with Crippen LogP contribution < -0.4 is 0 Å². The van der Waals surface area contributed by atoms with E-state index in [1.807, 2.05) is 12.1 Å². The number of carbonyl (C=O) groups is 2. The summed E-state index contributed by atoms with van der Waals surface area (Å²) in [6.07, 6.45) is 3.68. The molecule has 0 fully saturated rings. The lowest BCUT2D eigenvalue weighted by Gasteiger charge is -2.19. The smallest absolute Gasteiger partial charge is 0.290 e. The Bertz CT molecular complexity index is 805. The van der Waals surface area contributed by atoms with E-state index in [0.29, 0.717) is 47.2 Å². The summed E-state index contributed by atoms with van der Waals surface area (Å²) in [6.45, 7) is 6.33. The number of hydrogen-bond acceptors (Lipinski definition) is 4. The minimum Gasteiger partial charge on any atom is -0.455 e. The summed E-state index contributed by atoms with van der Waals surface area (Å²) in [5, 5.41) is 0. The van der Waals surface area contributed by atoms with E-state index in [4.69, 9.17) is 16.0 Å². The standard InChI is InChI=1S/C18H18ClNO3S/c1-3-9-20(10-12-7-8-15(19)24-12)18(22)17-11(2)16-13(21)5-4-6-14(16)23-17/h3,7-8H,1,4-6,9-10H2,2H3. The highest BCUT2D eigenvalue weighted by atomic mass is 35.5. The first kappa shape index (κ1) is 17.0. The average molecular weight is 364 g/mol. The first-order valence-corrected chi connectivity index (χ1v) is 9.00. The number of ketones is 1. The molecule has 0 aliphatic heterocycles. The van der Waals surface area contributed by atoms with Crippen molar-refractivity contribution in [1.82, 2.24) is 4.90 Å². The van der Waals surface area contributed by atoms with Gasteiger partial charge >= 0.3 is 0 Å². The molecule has 3 rings (SSSR count). The number of fused-ring (bicyclic) bond motifs is 1. The Labute approximate surface area is 149 Å². The maximum absolute atomic E-state index is 12.9. The molecule has 126 valence electrons. The number of Topliss-reactive ketones (excluding diaryl/α,β-unsaturated/α-hetero) is 1. The van der Waals surface area contributed by atoms with Gasteiger partial charge in [-0.3, -0.25) is 9.59 Å². The normalized spacial score (nSPS) is 13.7. The average Bonchev–Trinajstić information content (AvgIpc) is 3.11. The molecule has 1 amide bonds. The zero-order valence-electron chi connectivity index (χ0n) is 13.4. The van der Waals surface area contributed by atoms with E-state index < -0.39 is 0 Å². The van der Waals surface area contributed by atoms with Crippen LogP contribution >= 0.6 is 22.9 Å². The Kier molecular flexibility index (Phi) is 4.92. The van der Waals surface area contributed by atoms with Gasteiger partial charge in [0.15, 0.2) is 11.5 Å².